The van der Waals surface area contributed by atoms with Crippen molar-refractivity contribution in [3.05, 3.63) is 29.2 Å². The van der Waals surface area contributed by atoms with Gasteiger partial charge in [-0.05, 0) is 48.5 Å². The van der Waals surface area contributed by atoms with Crippen LogP contribution >= 0.6 is 23.4 Å². The standard InChI is InChI=1S/C17H22ClN3OS/c1-10(23-2)5-6-22-17-14-9-20-15(18)7-12(14)13(8-21-17)16(19)11-3-4-11/h7-11,16H,3-6,19H2,1-2H3. The molecular formula is C17H22ClN3OS. The van der Waals surface area contributed by atoms with Crippen LogP contribution in [-0.2, 0) is 0 Å². The highest BCUT2D eigenvalue weighted by molar-refractivity contribution is 7.99. The van der Waals surface area contributed by atoms with Gasteiger partial charge in [0, 0.05) is 23.7 Å². The van der Waals surface area contributed by atoms with E-state index in [1.807, 2.05) is 24.0 Å². The summed E-state index contributed by atoms with van der Waals surface area (Å²) in [5.74, 6) is 1.17. The van der Waals surface area contributed by atoms with Crippen LogP contribution in [0.2, 0.25) is 5.15 Å². The number of fused-ring (bicyclic) bond motifs is 1. The molecule has 2 aromatic heterocycles. The second-order valence-corrected chi connectivity index (χ2v) is 7.78. The Kier molecular flexibility index (Phi) is 5.29. The number of aromatic nitrogens is 2. The van der Waals surface area contributed by atoms with Crippen molar-refractivity contribution in [2.45, 2.75) is 37.5 Å². The van der Waals surface area contributed by atoms with E-state index >= 15 is 0 Å². The molecule has 6 heteroatoms. The van der Waals surface area contributed by atoms with Crippen molar-refractivity contribution in [2.75, 3.05) is 12.9 Å². The molecule has 0 radical (unpaired) electrons. The third kappa shape index (κ3) is 3.90. The van der Waals surface area contributed by atoms with Gasteiger partial charge in [0.05, 0.1) is 12.0 Å². The van der Waals surface area contributed by atoms with Crippen molar-refractivity contribution in [3.8, 4) is 5.88 Å². The van der Waals surface area contributed by atoms with Gasteiger partial charge in [-0.1, -0.05) is 18.5 Å². The first kappa shape index (κ1) is 16.8. The zero-order chi connectivity index (χ0) is 16.4. The molecular weight excluding hydrogens is 330 g/mol. The second kappa shape index (κ2) is 7.24. The maximum absolute atomic E-state index is 6.38. The number of nitrogens with zero attached hydrogens (tertiary/aromatic N) is 2. The van der Waals surface area contributed by atoms with Crippen molar-refractivity contribution < 1.29 is 4.74 Å². The van der Waals surface area contributed by atoms with Crippen LogP contribution in [0.5, 0.6) is 5.88 Å². The molecule has 2 heterocycles. The maximum Gasteiger partial charge on any atom is 0.222 e. The molecule has 0 aromatic carbocycles. The Labute approximate surface area is 146 Å². The normalized spacial score (nSPS) is 17.2. The third-order valence-electron chi connectivity index (χ3n) is 4.39. The van der Waals surface area contributed by atoms with E-state index in [9.17, 15) is 0 Å². The zero-order valence-corrected chi connectivity index (χ0v) is 15.0. The molecule has 0 amide bonds. The van der Waals surface area contributed by atoms with Crippen LogP contribution in [0.4, 0.5) is 0 Å². The van der Waals surface area contributed by atoms with Gasteiger partial charge in [0.25, 0.3) is 0 Å². The summed E-state index contributed by atoms with van der Waals surface area (Å²) in [5.41, 5.74) is 7.42. The molecule has 1 aliphatic carbocycles. The van der Waals surface area contributed by atoms with Gasteiger partial charge in [-0.2, -0.15) is 11.8 Å². The molecule has 2 N–H and O–H groups in total. The average molecular weight is 352 g/mol. The van der Waals surface area contributed by atoms with Crippen molar-refractivity contribution in [1.82, 2.24) is 9.97 Å². The summed E-state index contributed by atoms with van der Waals surface area (Å²) in [6.07, 6.45) is 9.04. The molecule has 1 saturated carbocycles. The number of rotatable bonds is 7. The van der Waals surface area contributed by atoms with Crippen LogP contribution < -0.4 is 10.5 Å². The minimum absolute atomic E-state index is 0.00836. The molecule has 23 heavy (non-hydrogen) atoms. The van der Waals surface area contributed by atoms with E-state index in [1.165, 1.54) is 12.8 Å². The quantitative estimate of drug-likeness (QED) is 0.757. The van der Waals surface area contributed by atoms with E-state index in [0.717, 1.165) is 22.8 Å². The van der Waals surface area contributed by atoms with Crippen LogP contribution in [0.3, 0.4) is 0 Å². The molecule has 3 rings (SSSR count). The molecule has 1 fully saturated rings. The Bertz CT molecular complexity index is 693. The van der Waals surface area contributed by atoms with Crippen molar-refractivity contribution >= 4 is 34.1 Å². The average Bonchev–Trinajstić information content (AvgIpc) is 3.38. The number of hydrogen-bond donors (Lipinski definition) is 1. The first-order valence-corrected chi connectivity index (χ1v) is 9.62. The van der Waals surface area contributed by atoms with E-state index in [2.05, 4.69) is 23.1 Å². The Hall–Kier alpha value is -1.04. The lowest BCUT2D eigenvalue weighted by atomic mass is 10.00. The number of nitrogens with two attached hydrogens (primary N) is 1. The summed E-state index contributed by atoms with van der Waals surface area (Å²) in [6, 6.07) is 1.88. The maximum atomic E-state index is 6.38. The molecule has 2 aromatic rings. The molecule has 4 nitrogen and oxygen atoms in total. The first-order chi connectivity index (χ1) is 11.1. The van der Waals surface area contributed by atoms with Gasteiger partial charge in [0.2, 0.25) is 5.88 Å². The third-order valence-corrected chi connectivity index (χ3v) is 5.63. The molecule has 0 saturated heterocycles. The predicted molar refractivity (Wildman–Crippen MR) is 97.3 cm³/mol. The Morgan fingerprint density at radius 2 is 2.13 bits per heavy atom. The van der Waals surface area contributed by atoms with Crippen molar-refractivity contribution in [2.24, 2.45) is 11.7 Å². The van der Waals surface area contributed by atoms with E-state index in [-0.39, 0.29) is 6.04 Å². The number of hydrogen-bond acceptors (Lipinski definition) is 5. The summed E-state index contributed by atoms with van der Waals surface area (Å²) in [5, 5.41) is 2.93. The Morgan fingerprint density at radius 1 is 1.35 bits per heavy atom. The largest absolute Gasteiger partial charge is 0.477 e. The van der Waals surface area contributed by atoms with E-state index in [0.29, 0.717) is 28.8 Å². The lowest BCUT2D eigenvalue weighted by Gasteiger charge is -2.16. The molecule has 0 spiro atoms. The fourth-order valence-electron chi connectivity index (χ4n) is 2.64. The number of thioether (sulfide) groups is 1. The minimum atomic E-state index is 0.00836. The molecule has 1 aliphatic rings. The zero-order valence-electron chi connectivity index (χ0n) is 13.5. The van der Waals surface area contributed by atoms with Gasteiger partial charge in [0.1, 0.15) is 5.15 Å². The van der Waals surface area contributed by atoms with Crippen molar-refractivity contribution in [3.63, 3.8) is 0 Å². The summed E-state index contributed by atoms with van der Waals surface area (Å²) in [4.78, 5) is 8.69. The number of halogens is 1. The van der Waals surface area contributed by atoms with Crippen LogP contribution in [0, 0.1) is 5.92 Å². The van der Waals surface area contributed by atoms with Gasteiger partial charge in [-0.3, -0.25) is 0 Å². The molecule has 2 unspecified atom stereocenters. The molecule has 2 atom stereocenters. The minimum Gasteiger partial charge on any atom is -0.477 e. The smallest absolute Gasteiger partial charge is 0.222 e. The summed E-state index contributed by atoms with van der Waals surface area (Å²) < 4.78 is 5.89. The highest BCUT2D eigenvalue weighted by Crippen LogP contribution is 2.42. The lowest BCUT2D eigenvalue weighted by Crippen LogP contribution is -2.14. The fraction of sp³-hybridized carbons (Fsp3) is 0.529. The van der Waals surface area contributed by atoms with E-state index < -0.39 is 0 Å². The molecule has 124 valence electrons. The van der Waals surface area contributed by atoms with Crippen LogP contribution in [0.15, 0.2) is 18.5 Å². The molecule has 0 bridgehead atoms. The summed E-state index contributed by atoms with van der Waals surface area (Å²) in [7, 11) is 0. The SMILES string of the molecule is CSC(C)CCOc1ncc(C(N)C2CC2)c2cc(Cl)ncc12. The topological polar surface area (TPSA) is 61.0 Å². The number of pyridine rings is 2. The Balaban J connectivity index is 1.89. The van der Waals surface area contributed by atoms with Crippen LogP contribution in [-0.4, -0.2) is 28.1 Å². The summed E-state index contributed by atoms with van der Waals surface area (Å²) >= 11 is 7.93. The predicted octanol–water partition coefficient (Wildman–Crippen LogP) is 4.21. The second-order valence-electron chi connectivity index (χ2n) is 6.12. The van der Waals surface area contributed by atoms with Crippen LogP contribution in [0.25, 0.3) is 10.8 Å². The van der Waals surface area contributed by atoms with E-state index in [1.54, 1.807) is 6.20 Å². The summed E-state index contributed by atoms with van der Waals surface area (Å²) in [6.45, 7) is 2.83. The molecule has 0 aliphatic heterocycles. The lowest BCUT2D eigenvalue weighted by molar-refractivity contribution is 0.303. The van der Waals surface area contributed by atoms with Gasteiger partial charge in [-0.15, -0.1) is 0 Å². The van der Waals surface area contributed by atoms with Gasteiger partial charge in [0.15, 0.2) is 0 Å². The highest BCUT2D eigenvalue weighted by Gasteiger charge is 2.31. The number of ether oxygens (including phenoxy) is 1. The van der Waals surface area contributed by atoms with Gasteiger partial charge in [-0.25, -0.2) is 9.97 Å². The van der Waals surface area contributed by atoms with Crippen LogP contribution in [0.1, 0.15) is 37.8 Å². The van der Waals surface area contributed by atoms with E-state index in [4.69, 9.17) is 22.1 Å². The van der Waals surface area contributed by atoms with Gasteiger partial charge >= 0.3 is 0 Å². The van der Waals surface area contributed by atoms with Crippen molar-refractivity contribution in [1.29, 1.82) is 0 Å². The monoisotopic (exact) mass is 351 g/mol. The Morgan fingerprint density at radius 3 is 2.83 bits per heavy atom. The highest BCUT2D eigenvalue weighted by atomic mass is 35.5. The van der Waals surface area contributed by atoms with Gasteiger partial charge < -0.3 is 10.5 Å². The first-order valence-electron chi connectivity index (χ1n) is 7.95. The fourth-order valence-corrected chi connectivity index (χ4v) is 3.13.